The second kappa shape index (κ2) is 5.73. The van der Waals surface area contributed by atoms with Gasteiger partial charge in [-0.25, -0.2) is 0 Å². The van der Waals surface area contributed by atoms with Crippen molar-refractivity contribution in [3.63, 3.8) is 0 Å². The molecule has 1 aliphatic heterocycles. The maximum Gasteiger partial charge on any atom is 0.134 e. The van der Waals surface area contributed by atoms with Crippen LogP contribution in [0.5, 0.6) is 11.5 Å². The molecule has 0 fully saturated rings. The Kier molecular flexibility index (Phi) is 3.81. The lowest BCUT2D eigenvalue weighted by Crippen LogP contribution is -2.38. The number of phenols is 1. The van der Waals surface area contributed by atoms with E-state index in [0.29, 0.717) is 18.2 Å². The number of benzene rings is 2. The van der Waals surface area contributed by atoms with Crippen LogP contribution in [0.15, 0.2) is 42.5 Å². The first-order valence-corrected chi connectivity index (χ1v) is 7.01. The monoisotopic (exact) mass is 289 g/mol. The summed E-state index contributed by atoms with van der Waals surface area (Å²) in [5.41, 5.74) is 2.28. The maximum absolute atomic E-state index is 9.40. The van der Waals surface area contributed by atoms with Crippen LogP contribution in [-0.2, 0) is 13.0 Å². The van der Waals surface area contributed by atoms with E-state index in [1.54, 1.807) is 12.1 Å². The molecule has 4 heteroatoms. The van der Waals surface area contributed by atoms with Crippen LogP contribution in [0, 0.1) is 0 Å². The van der Waals surface area contributed by atoms with Crippen LogP contribution in [0.25, 0.3) is 0 Å². The van der Waals surface area contributed by atoms with E-state index in [0.717, 1.165) is 17.7 Å². The Morgan fingerprint density at radius 3 is 2.95 bits per heavy atom. The minimum Gasteiger partial charge on any atom is -0.506 e. The van der Waals surface area contributed by atoms with Crippen LogP contribution >= 0.6 is 11.6 Å². The molecular weight excluding hydrogens is 274 g/mol. The third-order valence-corrected chi connectivity index (χ3v) is 3.79. The summed E-state index contributed by atoms with van der Waals surface area (Å²) in [6.45, 7) is 1.37. The van der Waals surface area contributed by atoms with E-state index in [2.05, 4.69) is 11.4 Å². The summed E-state index contributed by atoms with van der Waals surface area (Å²) in [6.07, 6.45) is 0.960. The molecule has 20 heavy (non-hydrogen) atoms. The minimum absolute atomic E-state index is 0.116. The number of phenolic OH excluding ortho intramolecular Hbond substituents is 1. The van der Waals surface area contributed by atoms with Gasteiger partial charge in [0.15, 0.2) is 0 Å². The SMILES string of the molecule is Oc1ccc(CN[C@H]2COc3ccccc3C2)cc1Cl. The van der Waals surface area contributed by atoms with Crippen LogP contribution in [-0.4, -0.2) is 17.8 Å². The zero-order chi connectivity index (χ0) is 13.9. The van der Waals surface area contributed by atoms with Crippen LogP contribution in [0.2, 0.25) is 5.02 Å². The number of hydrogen-bond donors (Lipinski definition) is 2. The predicted molar refractivity (Wildman–Crippen MR) is 79.4 cm³/mol. The van der Waals surface area contributed by atoms with Crippen LogP contribution in [0.4, 0.5) is 0 Å². The molecule has 1 heterocycles. The highest BCUT2D eigenvalue weighted by Gasteiger charge is 2.18. The zero-order valence-electron chi connectivity index (χ0n) is 11.0. The fraction of sp³-hybridized carbons (Fsp3) is 0.250. The van der Waals surface area contributed by atoms with Gasteiger partial charge in [-0.05, 0) is 35.7 Å². The summed E-state index contributed by atoms with van der Waals surface area (Å²) >= 11 is 5.90. The van der Waals surface area contributed by atoms with Crippen molar-refractivity contribution in [3.05, 3.63) is 58.6 Å². The van der Waals surface area contributed by atoms with Crippen molar-refractivity contribution in [2.45, 2.75) is 19.0 Å². The molecule has 0 unspecified atom stereocenters. The largest absolute Gasteiger partial charge is 0.506 e. The molecule has 0 spiro atoms. The van der Waals surface area contributed by atoms with Crippen molar-refractivity contribution >= 4 is 11.6 Å². The third kappa shape index (κ3) is 2.89. The second-order valence-electron chi connectivity index (χ2n) is 4.99. The number of rotatable bonds is 3. The minimum atomic E-state index is 0.116. The quantitative estimate of drug-likeness (QED) is 0.912. The van der Waals surface area contributed by atoms with Crippen molar-refractivity contribution in [1.82, 2.24) is 5.32 Å². The van der Waals surface area contributed by atoms with Gasteiger partial charge in [0.05, 0.1) is 5.02 Å². The molecule has 104 valence electrons. The van der Waals surface area contributed by atoms with Gasteiger partial charge in [0.1, 0.15) is 18.1 Å². The molecular formula is C16H16ClNO2. The predicted octanol–water partition coefficient (Wildman–Crippen LogP) is 3.14. The van der Waals surface area contributed by atoms with Gasteiger partial charge in [0.2, 0.25) is 0 Å². The molecule has 2 N–H and O–H groups in total. The Morgan fingerprint density at radius 1 is 1.25 bits per heavy atom. The summed E-state index contributed by atoms with van der Waals surface area (Å²) in [7, 11) is 0. The number of halogens is 1. The standard InChI is InChI=1S/C16H16ClNO2/c17-14-7-11(5-6-15(14)19)9-18-13-8-12-3-1-2-4-16(12)20-10-13/h1-7,13,18-19H,8-10H2/t13-/m1/s1. The smallest absolute Gasteiger partial charge is 0.134 e. The summed E-state index contributed by atoms with van der Waals surface area (Å²) in [4.78, 5) is 0. The first-order chi connectivity index (χ1) is 9.72. The van der Waals surface area contributed by atoms with Crippen LogP contribution in [0.1, 0.15) is 11.1 Å². The van der Waals surface area contributed by atoms with Gasteiger partial charge in [-0.1, -0.05) is 35.9 Å². The van der Waals surface area contributed by atoms with E-state index in [1.807, 2.05) is 24.3 Å². The van der Waals surface area contributed by atoms with E-state index >= 15 is 0 Å². The molecule has 2 aromatic rings. The molecule has 0 aliphatic carbocycles. The number of ether oxygens (including phenoxy) is 1. The molecule has 2 aromatic carbocycles. The number of hydrogen-bond acceptors (Lipinski definition) is 3. The Labute approximate surface area is 123 Å². The first kappa shape index (κ1) is 13.3. The van der Waals surface area contributed by atoms with Gasteiger partial charge in [-0.3, -0.25) is 0 Å². The molecule has 0 amide bonds. The van der Waals surface area contributed by atoms with E-state index < -0.39 is 0 Å². The third-order valence-electron chi connectivity index (χ3n) is 3.49. The van der Waals surface area contributed by atoms with E-state index in [4.69, 9.17) is 16.3 Å². The van der Waals surface area contributed by atoms with Crippen molar-refractivity contribution < 1.29 is 9.84 Å². The van der Waals surface area contributed by atoms with Gasteiger partial charge in [-0.2, -0.15) is 0 Å². The van der Waals surface area contributed by atoms with E-state index in [1.165, 1.54) is 5.56 Å². The summed E-state index contributed by atoms with van der Waals surface area (Å²) in [6, 6.07) is 13.7. The summed E-state index contributed by atoms with van der Waals surface area (Å²) in [5, 5.41) is 13.2. The highest BCUT2D eigenvalue weighted by atomic mass is 35.5. The highest BCUT2D eigenvalue weighted by Crippen LogP contribution is 2.25. The van der Waals surface area contributed by atoms with Crippen LogP contribution < -0.4 is 10.1 Å². The lowest BCUT2D eigenvalue weighted by molar-refractivity contribution is 0.238. The Morgan fingerprint density at radius 2 is 2.10 bits per heavy atom. The van der Waals surface area contributed by atoms with Crippen LogP contribution in [0.3, 0.4) is 0 Å². The normalized spacial score (nSPS) is 17.4. The molecule has 0 saturated carbocycles. The van der Waals surface area contributed by atoms with Gasteiger partial charge >= 0.3 is 0 Å². The summed E-state index contributed by atoms with van der Waals surface area (Å²) < 4.78 is 5.74. The lowest BCUT2D eigenvalue weighted by atomic mass is 10.0. The molecule has 3 rings (SSSR count). The lowest BCUT2D eigenvalue weighted by Gasteiger charge is -2.26. The average Bonchev–Trinajstić information content (AvgIpc) is 2.48. The summed E-state index contributed by atoms with van der Waals surface area (Å²) in [5.74, 6) is 1.10. The van der Waals surface area contributed by atoms with E-state index in [-0.39, 0.29) is 11.8 Å². The Balaban J connectivity index is 1.61. The molecule has 1 atom stereocenters. The molecule has 0 radical (unpaired) electrons. The number of para-hydroxylation sites is 1. The Hall–Kier alpha value is -1.71. The highest BCUT2D eigenvalue weighted by molar-refractivity contribution is 6.32. The topological polar surface area (TPSA) is 41.5 Å². The van der Waals surface area contributed by atoms with Crippen molar-refractivity contribution in [2.75, 3.05) is 6.61 Å². The second-order valence-corrected chi connectivity index (χ2v) is 5.39. The van der Waals surface area contributed by atoms with E-state index in [9.17, 15) is 5.11 Å². The molecule has 0 bridgehead atoms. The van der Waals surface area contributed by atoms with Gasteiger partial charge in [0.25, 0.3) is 0 Å². The Bertz CT molecular complexity index is 615. The molecule has 1 aliphatic rings. The van der Waals surface area contributed by atoms with Gasteiger partial charge < -0.3 is 15.2 Å². The molecule has 3 nitrogen and oxygen atoms in total. The average molecular weight is 290 g/mol. The number of aromatic hydroxyl groups is 1. The number of fused-ring (bicyclic) bond motifs is 1. The fourth-order valence-corrected chi connectivity index (χ4v) is 2.58. The fourth-order valence-electron chi connectivity index (χ4n) is 2.38. The molecule has 0 saturated heterocycles. The first-order valence-electron chi connectivity index (χ1n) is 6.64. The maximum atomic E-state index is 9.40. The molecule has 0 aromatic heterocycles. The van der Waals surface area contributed by atoms with Gasteiger partial charge in [0, 0.05) is 12.6 Å². The zero-order valence-corrected chi connectivity index (χ0v) is 11.7. The van der Waals surface area contributed by atoms with Crippen molar-refractivity contribution in [3.8, 4) is 11.5 Å². The number of nitrogens with one attached hydrogen (secondary N) is 1. The van der Waals surface area contributed by atoms with Crippen molar-refractivity contribution in [2.24, 2.45) is 0 Å². The van der Waals surface area contributed by atoms with Gasteiger partial charge in [-0.15, -0.1) is 0 Å². The van der Waals surface area contributed by atoms with Crippen molar-refractivity contribution in [1.29, 1.82) is 0 Å².